The first kappa shape index (κ1) is 19.9. The van der Waals surface area contributed by atoms with Crippen LogP contribution in [0.4, 0.5) is 0 Å². The Kier molecular flexibility index (Phi) is 6.40. The van der Waals surface area contributed by atoms with Crippen LogP contribution in [-0.2, 0) is 16.0 Å². The van der Waals surface area contributed by atoms with Gasteiger partial charge in [-0.3, -0.25) is 9.59 Å². The van der Waals surface area contributed by atoms with Gasteiger partial charge in [-0.2, -0.15) is 0 Å². The van der Waals surface area contributed by atoms with Gasteiger partial charge in [-0.15, -0.1) is 0 Å². The molecule has 0 spiro atoms. The Labute approximate surface area is 154 Å². The average molecular weight is 360 g/mol. The third-order valence-corrected chi connectivity index (χ3v) is 4.44. The van der Waals surface area contributed by atoms with E-state index in [4.69, 9.17) is 5.11 Å². The number of nitrogens with zero attached hydrogens (tertiary/aromatic N) is 1. The summed E-state index contributed by atoms with van der Waals surface area (Å²) >= 11 is 0. The molecule has 2 rings (SSSR count). The van der Waals surface area contributed by atoms with Crippen molar-refractivity contribution in [1.29, 1.82) is 0 Å². The van der Waals surface area contributed by atoms with Crippen molar-refractivity contribution in [3.8, 4) is 0 Å². The maximum absolute atomic E-state index is 12.5. The number of carbonyl (C=O) groups is 3. The number of hydrogen-bond donors (Lipinski definition) is 2. The standard InChI is InChI=1S/C20H28N2O4/c1-20(2,3)13-17(23)22-11-5-8-16(22)18(24)21-10-9-14-6-4-7-15(12-14)19(25)26/h4,6-7,12,16H,5,8-11,13H2,1-3H3,(H,21,24)(H,25,26). The smallest absolute Gasteiger partial charge is 0.335 e. The van der Waals surface area contributed by atoms with Crippen molar-refractivity contribution in [3.05, 3.63) is 35.4 Å². The number of nitrogens with one attached hydrogen (secondary N) is 1. The molecule has 2 amide bonds. The van der Waals surface area contributed by atoms with Crippen LogP contribution in [0.1, 0.15) is 56.0 Å². The Morgan fingerprint density at radius 1 is 1.27 bits per heavy atom. The molecule has 6 heteroatoms. The minimum atomic E-state index is -0.963. The predicted molar refractivity (Wildman–Crippen MR) is 98.9 cm³/mol. The van der Waals surface area contributed by atoms with Crippen molar-refractivity contribution in [3.63, 3.8) is 0 Å². The first-order valence-electron chi connectivity index (χ1n) is 9.07. The average Bonchev–Trinajstić information content (AvgIpc) is 3.03. The SMILES string of the molecule is CC(C)(C)CC(=O)N1CCCC1C(=O)NCCc1cccc(C(=O)O)c1. The molecular formula is C20H28N2O4. The Hall–Kier alpha value is -2.37. The maximum Gasteiger partial charge on any atom is 0.335 e. The van der Waals surface area contributed by atoms with Crippen LogP contribution in [0, 0.1) is 5.41 Å². The topological polar surface area (TPSA) is 86.7 Å². The summed E-state index contributed by atoms with van der Waals surface area (Å²) in [5.74, 6) is -1.06. The van der Waals surface area contributed by atoms with Gasteiger partial charge in [0.1, 0.15) is 6.04 Å². The van der Waals surface area contributed by atoms with E-state index in [1.807, 2.05) is 26.8 Å². The number of rotatable bonds is 6. The summed E-state index contributed by atoms with van der Waals surface area (Å²) in [7, 11) is 0. The van der Waals surface area contributed by atoms with E-state index in [0.717, 1.165) is 12.0 Å². The lowest BCUT2D eigenvalue weighted by Crippen LogP contribution is -2.47. The molecule has 0 radical (unpaired) electrons. The van der Waals surface area contributed by atoms with Crippen molar-refractivity contribution in [1.82, 2.24) is 10.2 Å². The van der Waals surface area contributed by atoms with Crippen LogP contribution in [0.3, 0.4) is 0 Å². The van der Waals surface area contributed by atoms with Gasteiger partial charge in [-0.1, -0.05) is 32.9 Å². The van der Waals surface area contributed by atoms with Gasteiger partial charge in [-0.25, -0.2) is 4.79 Å². The van der Waals surface area contributed by atoms with Crippen LogP contribution in [0.5, 0.6) is 0 Å². The molecule has 1 atom stereocenters. The molecule has 0 saturated carbocycles. The van der Waals surface area contributed by atoms with Gasteiger partial charge in [0.2, 0.25) is 11.8 Å². The van der Waals surface area contributed by atoms with Gasteiger partial charge in [0.15, 0.2) is 0 Å². The number of aromatic carboxylic acids is 1. The summed E-state index contributed by atoms with van der Waals surface area (Å²) in [5, 5.41) is 11.9. The quantitative estimate of drug-likeness (QED) is 0.816. The minimum Gasteiger partial charge on any atom is -0.478 e. The molecule has 1 saturated heterocycles. The largest absolute Gasteiger partial charge is 0.478 e. The lowest BCUT2D eigenvalue weighted by Gasteiger charge is -2.27. The second-order valence-corrected chi connectivity index (χ2v) is 8.03. The molecule has 1 aromatic carbocycles. The van der Waals surface area contributed by atoms with Crippen LogP contribution in [0.2, 0.25) is 0 Å². The fourth-order valence-electron chi connectivity index (χ4n) is 3.20. The fraction of sp³-hybridized carbons (Fsp3) is 0.550. The molecular weight excluding hydrogens is 332 g/mol. The first-order chi connectivity index (χ1) is 12.2. The summed E-state index contributed by atoms with van der Waals surface area (Å²) in [5.41, 5.74) is 0.997. The Bertz CT molecular complexity index is 679. The van der Waals surface area contributed by atoms with E-state index >= 15 is 0 Å². The van der Waals surface area contributed by atoms with Crippen LogP contribution < -0.4 is 5.32 Å². The molecule has 0 aliphatic carbocycles. The van der Waals surface area contributed by atoms with E-state index in [0.29, 0.717) is 32.4 Å². The summed E-state index contributed by atoms with van der Waals surface area (Å²) in [6, 6.07) is 6.30. The van der Waals surface area contributed by atoms with Gasteiger partial charge in [-0.05, 0) is 42.4 Å². The van der Waals surface area contributed by atoms with Gasteiger partial charge in [0.25, 0.3) is 0 Å². The minimum absolute atomic E-state index is 0.0318. The lowest BCUT2D eigenvalue weighted by atomic mass is 9.91. The Morgan fingerprint density at radius 3 is 2.65 bits per heavy atom. The molecule has 6 nitrogen and oxygen atoms in total. The Morgan fingerprint density at radius 2 is 2.00 bits per heavy atom. The third-order valence-electron chi connectivity index (χ3n) is 4.44. The second kappa shape index (κ2) is 8.34. The van der Waals surface area contributed by atoms with Gasteiger partial charge in [0, 0.05) is 19.5 Å². The zero-order valence-electron chi connectivity index (χ0n) is 15.7. The van der Waals surface area contributed by atoms with E-state index in [9.17, 15) is 14.4 Å². The summed E-state index contributed by atoms with van der Waals surface area (Å²) in [6.07, 6.45) is 2.51. The molecule has 0 aromatic heterocycles. The zero-order chi connectivity index (χ0) is 19.3. The highest BCUT2D eigenvalue weighted by Gasteiger charge is 2.35. The van der Waals surface area contributed by atoms with E-state index in [-0.39, 0.29) is 22.8 Å². The van der Waals surface area contributed by atoms with Crippen molar-refractivity contribution < 1.29 is 19.5 Å². The van der Waals surface area contributed by atoms with Crippen LogP contribution >= 0.6 is 0 Å². The monoisotopic (exact) mass is 360 g/mol. The normalized spacial score (nSPS) is 17.2. The highest BCUT2D eigenvalue weighted by Crippen LogP contribution is 2.24. The number of carbonyl (C=O) groups excluding carboxylic acids is 2. The Balaban J connectivity index is 1.88. The van der Waals surface area contributed by atoms with Crippen LogP contribution in [0.25, 0.3) is 0 Å². The second-order valence-electron chi connectivity index (χ2n) is 8.03. The number of benzene rings is 1. The molecule has 1 unspecified atom stereocenters. The van der Waals surface area contributed by atoms with E-state index < -0.39 is 12.0 Å². The first-order valence-corrected chi connectivity index (χ1v) is 9.07. The number of carboxylic acid groups (broad SMARTS) is 1. The summed E-state index contributed by atoms with van der Waals surface area (Å²) < 4.78 is 0. The van der Waals surface area contributed by atoms with E-state index in [1.165, 1.54) is 0 Å². The van der Waals surface area contributed by atoms with Gasteiger partial charge >= 0.3 is 5.97 Å². The lowest BCUT2D eigenvalue weighted by molar-refractivity contribution is -0.139. The molecule has 1 aliphatic heterocycles. The number of hydrogen-bond acceptors (Lipinski definition) is 3. The molecule has 1 aliphatic rings. The molecule has 1 heterocycles. The van der Waals surface area contributed by atoms with E-state index in [1.54, 1.807) is 23.1 Å². The highest BCUT2D eigenvalue weighted by atomic mass is 16.4. The van der Waals surface area contributed by atoms with Gasteiger partial charge < -0.3 is 15.3 Å². The highest BCUT2D eigenvalue weighted by molar-refractivity contribution is 5.88. The molecule has 142 valence electrons. The molecule has 1 aromatic rings. The maximum atomic E-state index is 12.5. The molecule has 1 fully saturated rings. The number of likely N-dealkylation sites (tertiary alicyclic amines) is 1. The van der Waals surface area contributed by atoms with Crippen molar-refractivity contribution in [2.45, 2.75) is 52.5 Å². The van der Waals surface area contributed by atoms with Gasteiger partial charge in [0.05, 0.1) is 5.56 Å². The number of amides is 2. The van der Waals surface area contributed by atoms with Crippen molar-refractivity contribution >= 4 is 17.8 Å². The molecule has 2 N–H and O–H groups in total. The summed E-state index contributed by atoms with van der Waals surface area (Å²) in [4.78, 5) is 37.7. The third kappa shape index (κ3) is 5.58. The van der Waals surface area contributed by atoms with Crippen molar-refractivity contribution in [2.24, 2.45) is 5.41 Å². The predicted octanol–water partition coefficient (Wildman–Crippen LogP) is 2.47. The van der Waals surface area contributed by atoms with E-state index in [2.05, 4.69) is 5.32 Å². The van der Waals surface area contributed by atoms with Crippen LogP contribution in [-0.4, -0.2) is 46.9 Å². The van der Waals surface area contributed by atoms with Crippen molar-refractivity contribution in [2.75, 3.05) is 13.1 Å². The van der Waals surface area contributed by atoms with Crippen LogP contribution in [0.15, 0.2) is 24.3 Å². The molecule has 26 heavy (non-hydrogen) atoms. The summed E-state index contributed by atoms with van der Waals surface area (Å²) in [6.45, 7) is 7.09. The molecule has 0 bridgehead atoms. The number of carboxylic acids is 1. The fourth-order valence-corrected chi connectivity index (χ4v) is 3.20. The zero-order valence-corrected chi connectivity index (χ0v) is 15.7.